The number of rotatable bonds is 17. The largest absolute Gasteiger partial charge is 0.458 e. The van der Waals surface area contributed by atoms with Gasteiger partial charge in [-0.1, -0.05) is 61.9 Å². The van der Waals surface area contributed by atoms with E-state index in [4.69, 9.17) is 66.3 Å². The summed E-state index contributed by atoms with van der Waals surface area (Å²) in [6.45, 7) is 12.7. The second-order valence-electron chi connectivity index (χ2n) is 25.3. The molecule has 21 nitrogen and oxygen atoms in total. The Bertz CT molecular complexity index is 2600. The van der Waals surface area contributed by atoms with Crippen LogP contribution in [0.2, 0.25) is 0 Å². The molecule has 0 aromatic heterocycles. The summed E-state index contributed by atoms with van der Waals surface area (Å²) >= 11 is 0. The van der Waals surface area contributed by atoms with E-state index in [1.165, 1.54) is 7.11 Å². The van der Waals surface area contributed by atoms with Gasteiger partial charge in [0.15, 0.2) is 25.2 Å². The van der Waals surface area contributed by atoms with Crippen molar-refractivity contribution in [3.05, 3.63) is 83.4 Å². The Kier molecular flexibility index (Phi) is 19.0. The molecule has 0 amide bonds. The number of carbonyl (C=O) groups excluding carboxylic acids is 2. The summed E-state index contributed by atoms with van der Waals surface area (Å²) in [5.74, 6) is -1.89. The van der Waals surface area contributed by atoms with Gasteiger partial charge in [-0.15, -0.1) is 0 Å². The smallest absolute Gasteiger partial charge is 0.338 e. The molecule has 2 aromatic carbocycles. The molecule has 0 radical (unpaired) electrons. The first-order chi connectivity index (χ1) is 40.0. The lowest BCUT2D eigenvalue weighted by Gasteiger charge is -2.67. The highest BCUT2D eigenvalue weighted by Crippen LogP contribution is 2.71. The lowest BCUT2D eigenvalue weighted by molar-refractivity contribution is -0.356. The van der Waals surface area contributed by atoms with E-state index in [1.54, 1.807) is 103 Å². The number of ether oxygens (including phenoxy) is 14. The van der Waals surface area contributed by atoms with Crippen LogP contribution in [-0.4, -0.2) is 206 Å². The molecule has 3 saturated carbocycles. The number of esters is 2. The zero-order valence-electron chi connectivity index (χ0n) is 50.3. The number of fused-ring (bicyclic) bond motifs is 5. The number of aliphatic hydroxyl groups is 5. The number of hydrogen-bond donors (Lipinski definition) is 5. The first-order valence-electron chi connectivity index (χ1n) is 30.1. The van der Waals surface area contributed by atoms with Gasteiger partial charge in [-0.3, -0.25) is 0 Å². The summed E-state index contributed by atoms with van der Waals surface area (Å²) in [7, 11) is 6.24. The second kappa shape index (κ2) is 25.1. The lowest BCUT2D eigenvalue weighted by atomic mass is 9.42. The zero-order valence-corrected chi connectivity index (χ0v) is 50.3. The van der Waals surface area contributed by atoms with E-state index >= 15 is 0 Å². The Hall–Kier alpha value is -3.56. The van der Waals surface area contributed by atoms with Gasteiger partial charge in [-0.25, -0.2) is 9.59 Å². The van der Waals surface area contributed by atoms with E-state index in [2.05, 4.69) is 6.92 Å². The average molecular weight is 1180 g/mol. The first kappa shape index (κ1) is 63.5. The molecule has 7 fully saturated rings. The maximum atomic E-state index is 14.1. The summed E-state index contributed by atoms with van der Waals surface area (Å²) in [6, 6.07) is 17.0. The number of hydrogen-bond acceptors (Lipinski definition) is 21. The topological polar surface area (TPSA) is 265 Å². The molecule has 4 aliphatic carbocycles. The number of methoxy groups -OCH3 is 4. The molecule has 2 aromatic rings. The minimum Gasteiger partial charge on any atom is -0.458 e. The van der Waals surface area contributed by atoms with Crippen LogP contribution in [0.25, 0.3) is 0 Å². The van der Waals surface area contributed by atoms with Crippen LogP contribution in [0.3, 0.4) is 0 Å². The van der Waals surface area contributed by atoms with Crippen molar-refractivity contribution < 1.29 is 101 Å². The van der Waals surface area contributed by atoms with Crippen molar-refractivity contribution in [2.24, 2.45) is 16.7 Å². The van der Waals surface area contributed by atoms with Crippen molar-refractivity contribution in [1.82, 2.24) is 0 Å². The standard InChI is InChI=1S/C63H90O21/c1-33-50(64)55(74-11)51(65)58(78-33)84-54-36(4)77-49(31-44(54)73-10)83-53-35(3)76-48(30-43(53)72-9)82-52-34(2)75-47(29-42(52)71-8)80-41-23-24-59(6)40(28-41)22-25-62(69)45(59)32-46(81-57(67)39-20-16-13-17-21-39)60(7)61(68,26-27-63(60,62)70)37(5)79-56(66)38-18-14-12-15-19-38/h12-22,33-37,41-55,58,64-65,68-70H,23-32H2,1-11H3/t33-,34-,35-,36-,37?,41+,42-,43+,44+,45-,46-,47+,48+,49+,50+,51-,52-,53-,54-,55+,58+,59+,60-,61?,62+,63-/m1/s1. The Balaban J connectivity index is 0.773. The maximum Gasteiger partial charge on any atom is 0.338 e. The molecule has 4 aliphatic heterocycles. The fourth-order valence-corrected chi connectivity index (χ4v) is 15.9. The number of aliphatic hydroxyl groups excluding tert-OH is 2. The fourth-order valence-electron chi connectivity index (χ4n) is 15.9. The average Bonchev–Trinajstić information content (AvgIpc) is 1.34. The van der Waals surface area contributed by atoms with Gasteiger partial charge in [0.05, 0.1) is 65.4 Å². The normalized spacial score (nSPS) is 46.2. The minimum absolute atomic E-state index is 0.0361. The lowest BCUT2D eigenvalue weighted by Crippen LogP contribution is -2.78. The van der Waals surface area contributed by atoms with E-state index in [1.807, 2.05) is 26.8 Å². The van der Waals surface area contributed by atoms with Gasteiger partial charge >= 0.3 is 11.9 Å². The van der Waals surface area contributed by atoms with Crippen LogP contribution < -0.4 is 0 Å². The van der Waals surface area contributed by atoms with Crippen LogP contribution in [0.15, 0.2) is 72.3 Å². The van der Waals surface area contributed by atoms with Gasteiger partial charge in [0.2, 0.25) is 0 Å². The van der Waals surface area contributed by atoms with E-state index < -0.39 is 162 Å². The van der Waals surface area contributed by atoms with Crippen molar-refractivity contribution in [1.29, 1.82) is 0 Å². The second-order valence-corrected chi connectivity index (χ2v) is 25.3. The molecule has 4 saturated heterocycles. The van der Waals surface area contributed by atoms with Gasteiger partial charge < -0.3 is 91.8 Å². The van der Waals surface area contributed by atoms with Crippen molar-refractivity contribution in [3.63, 3.8) is 0 Å². The third-order valence-corrected chi connectivity index (χ3v) is 20.9. The summed E-state index contributed by atoms with van der Waals surface area (Å²) in [5, 5.41) is 61.2. The third-order valence-electron chi connectivity index (χ3n) is 20.9. The molecule has 26 atom stereocenters. The Morgan fingerprint density at radius 2 is 1.11 bits per heavy atom. The molecule has 0 spiro atoms. The number of carbonyl (C=O) groups is 2. The van der Waals surface area contributed by atoms with Crippen LogP contribution in [0, 0.1) is 16.7 Å². The predicted molar refractivity (Wildman–Crippen MR) is 298 cm³/mol. The molecule has 2 unspecified atom stereocenters. The molecular formula is C63H90O21. The minimum atomic E-state index is -2.00. The monoisotopic (exact) mass is 1180 g/mol. The molecule has 8 aliphatic rings. The fraction of sp³-hybridized carbons (Fsp3) is 0.746. The van der Waals surface area contributed by atoms with Crippen molar-refractivity contribution in [2.45, 2.75) is 252 Å². The number of benzene rings is 2. The van der Waals surface area contributed by atoms with E-state index in [-0.39, 0.29) is 31.8 Å². The van der Waals surface area contributed by atoms with Crippen molar-refractivity contribution >= 4 is 11.9 Å². The SMILES string of the molecule is CO[C@H]1[C@@H](O)[C@@H](C)O[C@@H](O[C@H]2[C@@H](OC)C[C@H](O[C@H]3[C@@H](OC)C[C@H](O[C@@H]4[C@@H](C)O[C@@H](O[C@H]5CC[C@@]6(C)C(=CC[C@]7(O)[C@@H]6C[C@@H](OC(=O)c6ccccc6)[C@]6(C)C(O)(C(C)OC(=O)c8ccccc8)CC[C@]76O)C5)C[C@H]4OC)O[C@@H]3C)O[C@@H]2C)[C@@H]1O. The van der Waals surface area contributed by atoms with Crippen molar-refractivity contribution in [3.8, 4) is 0 Å². The van der Waals surface area contributed by atoms with Crippen molar-refractivity contribution in [2.75, 3.05) is 28.4 Å². The highest BCUT2D eigenvalue weighted by atomic mass is 16.8. The molecule has 10 rings (SSSR count). The predicted octanol–water partition coefficient (Wildman–Crippen LogP) is 5.46. The van der Waals surface area contributed by atoms with Gasteiger partial charge in [-0.05, 0) is 109 Å². The van der Waals surface area contributed by atoms with Crippen LogP contribution >= 0.6 is 0 Å². The third kappa shape index (κ3) is 11.3. The summed E-state index contributed by atoms with van der Waals surface area (Å²) in [4.78, 5) is 27.6. The molecule has 468 valence electrons. The van der Waals surface area contributed by atoms with E-state index in [0.29, 0.717) is 49.7 Å². The first-order valence-corrected chi connectivity index (χ1v) is 30.1. The van der Waals surface area contributed by atoms with E-state index in [9.17, 15) is 35.1 Å². The molecule has 5 N–H and O–H groups in total. The molecular weight excluding hydrogens is 1090 g/mol. The van der Waals surface area contributed by atoms with Gasteiger partial charge in [-0.2, -0.15) is 0 Å². The zero-order chi connectivity index (χ0) is 60.3. The summed E-state index contributed by atoms with van der Waals surface area (Å²) in [5.41, 5.74) is -6.42. The highest BCUT2D eigenvalue weighted by Gasteiger charge is 2.81. The quantitative estimate of drug-likeness (QED) is 0.0972. The Labute approximate surface area is 492 Å². The Morgan fingerprint density at radius 3 is 1.63 bits per heavy atom. The summed E-state index contributed by atoms with van der Waals surface area (Å²) < 4.78 is 87.5. The van der Waals surface area contributed by atoms with Crippen LogP contribution in [-0.2, 0) is 66.3 Å². The molecule has 84 heavy (non-hydrogen) atoms. The van der Waals surface area contributed by atoms with Crippen LogP contribution in [0.5, 0.6) is 0 Å². The van der Waals surface area contributed by atoms with Crippen LogP contribution in [0.4, 0.5) is 0 Å². The summed E-state index contributed by atoms with van der Waals surface area (Å²) in [6.07, 6.45) is -9.36. The van der Waals surface area contributed by atoms with Crippen LogP contribution in [0.1, 0.15) is 133 Å². The van der Waals surface area contributed by atoms with Gasteiger partial charge in [0.25, 0.3) is 0 Å². The molecule has 21 heteroatoms. The highest BCUT2D eigenvalue weighted by molar-refractivity contribution is 5.90. The molecule has 0 bridgehead atoms. The van der Waals surface area contributed by atoms with Gasteiger partial charge in [0, 0.05) is 53.6 Å². The maximum absolute atomic E-state index is 14.1. The Morgan fingerprint density at radius 1 is 0.595 bits per heavy atom. The molecule has 4 heterocycles. The van der Waals surface area contributed by atoms with E-state index in [0.717, 1.165) is 5.57 Å². The van der Waals surface area contributed by atoms with Gasteiger partial charge in [0.1, 0.15) is 65.6 Å².